The smallest absolute Gasteiger partial charge is 0.369 e. The van der Waals surface area contributed by atoms with Crippen LogP contribution in [0.25, 0.3) is 11.1 Å². The molecule has 1 fully saturated rings. The summed E-state index contributed by atoms with van der Waals surface area (Å²) >= 11 is 0. The van der Waals surface area contributed by atoms with Crippen LogP contribution >= 0.6 is 0 Å². The van der Waals surface area contributed by atoms with E-state index in [4.69, 9.17) is 0 Å². The van der Waals surface area contributed by atoms with E-state index < -0.39 is 23.5 Å². The van der Waals surface area contributed by atoms with Gasteiger partial charge >= 0.3 is 12.4 Å². The predicted octanol–water partition coefficient (Wildman–Crippen LogP) is 4.91. The molecule has 5 nitrogen and oxygen atoms in total. The van der Waals surface area contributed by atoms with Gasteiger partial charge in [0.1, 0.15) is 0 Å². The quantitative estimate of drug-likeness (QED) is 0.467. The summed E-state index contributed by atoms with van der Waals surface area (Å²) in [6.45, 7) is 2.58. The van der Waals surface area contributed by atoms with Crippen LogP contribution in [-0.2, 0) is 23.5 Å². The molecule has 0 radical (unpaired) electrons. The maximum Gasteiger partial charge on any atom is 0.430 e. The monoisotopic (exact) mass is 523 g/mol. The number of rotatable bonds is 6. The molecule has 1 aliphatic rings. The molecule has 3 aromatic rings. The lowest BCUT2D eigenvalue weighted by Gasteiger charge is -2.34. The van der Waals surface area contributed by atoms with Gasteiger partial charge in [-0.05, 0) is 34.4 Å². The van der Waals surface area contributed by atoms with Crippen molar-refractivity contribution in [2.75, 3.05) is 19.6 Å². The van der Waals surface area contributed by atoms with Gasteiger partial charge < -0.3 is 10.0 Å². The molecule has 0 spiro atoms. The van der Waals surface area contributed by atoms with Gasteiger partial charge in [0.25, 0.3) is 5.60 Å². The van der Waals surface area contributed by atoms with Crippen molar-refractivity contribution in [1.29, 1.82) is 0 Å². The Hall–Kier alpha value is -3.44. The zero-order chi connectivity index (χ0) is 26.8. The molecule has 1 N–H and O–H groups in total. The van der Waals surface area contributed by atoms with Gasteiger partial charge in [0.2, 0.25) is 5.91 Å². The zero-order valence-electron chi connectivity index (χ0n) is 19.4. The predicted molar refractivity (Wildman–Crippen MR) is 123 cm³/mol. The molecule has 1 aliphatic heterocycles. The van der Waals surface area contributed by atoms with Crippen molar-refractivity contribution in [2.45, 2.75) is 31.0 Å². The van der Waals surface area contributed by atoms with Crippen LogP contribution in [0.15, 0.2) is 73.1 Å². The Morgan fingerprint density at radius 3 is 1.76 bits per heavy atom. The summed E-state index contributed by atoms with van der Waals surface area (Å²) < 4.78 is 78.5. The number of pyridine rings is 1. The number of aliphatic hydroxyl groups is 1. The second-order valence-corrected chi connectivity index (χ2v) is 8.86. The molecule has 1 aromatic heterocycles. The van der Waals surface area contributed by atoms with Crippen molar-refractivity contribution in [3.8, 4) is 11.1 Å². The molecule has 11 heteroatoms. The standard InChI is InChI=1S/C26H23F6N3O2/c27-25(28,29)24(37,26(30,31)32)22-7-5-21(6-8-22)20-3-1-18(2-4-20)16-35-14-13-34(17-23(35)36)15-19-9-11-33-12-10-19/h1-12,37H,13-17H2. The highest BCUT2D eigenvalue weighted by Gasteiger charge is 2.71. The normalized spacial score (nSPS) is 15.8. The van der Waals surface area contributed by atoms with Crippen LogP contribution in [0.3, 0.4) is 0 Å². The molecule has 196 valence electrons. The Morgan fingerprint density at radius 2 is 1.24 bits per heavy atom. The van der Waals surface area contributed by atoms with Gasteiger partial charge in [-0.25, -0.2) is 0 Å². The van der Waals surface area contributed by atoms with Crippen LogP contribution in [0.5, 0.6) is 0 Å². The van der Waals surface area contributed by atoms with E-state index in [-0.39, 0.29) is 12.5 Å². The number of halogens is 6. The minimum atomic E-state index is -5.93. The SMILES string of the molecule is O=C1CN(Cc2ccncc2)CCN1Cc1ccc(-c2ccc(C(O)(C(F)(F)F)C(F)(F)F)cc2)cc1. The summed E-state index contributed by atoms with van der Waals surface area (Å²) in [6, 6.07) is 14.1. The minimum Gasteiger partial charge on any atom is -0.369 e. The average molecular weight is 523 g/mol. The number of carbonyl (C=O) groups excluding carboxylic acids is 1. The number of benzene rings is 2. The maximum atomic E-state index is 13.1. The second kappa shape index (κ2) is 10.1. The second-order valence-electron chi connectivity index (χ2n) is 8.86. The van der Waals surface area contributed by atoms with Crippen LogP contribution in [-0.4, -0.2) is 57.8 Å². The molecule has 1 saturated heterocycles. The van der Waals surface area contributed by atoms with Gasteiger partial charge in [-0.2, -0.15) is 26.3 Å². The van der Waals surface area contributed by atoms with Crippen molar-refractivity contribution < 1.29 is 36.2 Å². The Kier molecular flexibility index (Phi) is 7.29. The van der Waals surface area contributed by atoms with E-state index in [9.17, 15) is 36.2 Å². The van der Waals surface area contributed by atoms with Gasteiger partial charge in [0, 0.05) is 44.1 Å². The van der Waals surface area contributed by atoms with E-state index in [2.05, 4.69) is 9.88 Å². The molecular weight excluding hydrogens is 500 g/mol. The first-order valence-corrected chi connectivity index (χ1v) is 11.3. The van der Waals surface area contributed by atoms with Crippen LogP contribution in [0, 0.1) is 0 Å². The lowest BCUT2D eigenvalue weighted by molar-refractivity contribution is -0.376. The first kappa shape index (κ1) is 26.6. The van der Waals surface area contributed by atoms with E-state index in [0.29, 0.717) is 49.4 Å². The van der Waals surface area contributed by atoms with Gasteiger partial charge in [0.05, 0.1) is 6.54 Å². The van der Waals surface area contributed by atoms with Crippen LogP contribution in [0.2, 0.25) is 0 Å². The highest BCUT2D eigenvalue weighted by atomic mass is 19.4. The summed E-state index contributed by atoms with van der Waals surface area (Å²) in [5.41, 5.74) is -3.43. The van der Waals surface area contributed by atoms with Crippen molar-refractivity contribution in [3.63, 3.8) is 0 Å². The van der Waals surface area contributed by atoms with E-state index in [1.807, 2.05) is 12.1 Å². The van der Waals surface area contributed by atoms with Gasteiger partial charge in [0.15, 0.2) is 0 Å². The van der Waals surface area contributed by atoms with Crippen molar-refractivity contribution in [2.24, 2.45) is 0 Å². The van der Waals surface area contributed by atoms with Crippen LogP contribution < -0.4 is 0 Å². The molecule has 37 heavy (non-hydrogen) atoms. The third-order valence-electron chi connectivity index (χ3n) is 6.34. The lowest BCUT2D eigenvalue weighted by atomic mass is 9.90. The Morgan fingerprint density at radius 1 is 0.730 bits per heavy atom. The van der Waals surface area contributed by atoms with E-state index in [1.165, 1.54) is 0 Å². The van der Waals surface area contributed by atoms with Gasteiger partial charge in [-0.3, -0.25) is 14.7 Å². The van der Waals surface area contributed by atoms with E-state index >= 15 is 0 Å². The molecule has 4 rings (SSSR count). The lowest BCUT2D eigenvalue weighted by Crippen LogP contribution is -2.53. The fraction of sp³-hybridized carbons (Fsp3) is 0.308. The Bertz CT molecular complexity index is 1200. The molecule has 0 saturated carbocycles. The van der Waals surface area contributed by atoms with Gasteiger partial charge in [-0.1, -0.05) is 48.5 Å². The largest absolute Gasteiger partial charge is 0.430 e. The fourth-order valence-corrected chi connectivity index (χ4v) is 4.22. The molecule has 0 atom stereocenters. The summed E-state index contributed by atoms with van der Waals surface area (Å²) in [6.07, 6.45) is -8.46. The van der Waals surface area contributed by atoms with Crippen molar-refractivity contribution in [1.82, 2.24) is 14.8 Å². The summed E-state index contributed by atoms with van der Waals surface area (Å²) in [5.74, 6) is -0.0122. The Balaban J connectivity index is 1.40. The third kappa shape index (κ3) is 5.62. The zero-order valence-corrected chi connectivity index (χ0v) is 19.4. The van der Waals surface area contributed by atoms with Gasteiger partial charge in [-0.15, -0.1) is 0 Å². The highest BCUT2D eigenvalue weighted by Crippen LogP contribution is 2.50. The first-order chi connectivity index (χ1) is 17.4. The minimum absolute atomic E-state index is 0.0122. The average Bonchev–Trinajstić information content (AvgIpc) is 2.85. The van der Waals surface area contributed by atoms with E-state index in [1.54, 1.807) is 41.6 Å². The molecule has 1 amide bonds. The molecule has 0 unspecified atom stereocenters. The number of hydrogen-bond donors (Lipinski definition) is 1. The number of piperazine rings is 1. The number of nitrogens with zero attached hydrogens (tertiary/aromatic N) is 3. The van der Waals surface area contributed by atoms with Crippen LogP contribution in [0.1, 0.15) is 16.7 Å². The Labute approximate surface area is 209 Å². The molecule has 2 aromatic carbocycles. The number of aromatic nitrogens is 1. The van der Waals surface area contributed by atoms with Crippen molar-refractivity contribution in [3.05, 3.63) is 89.7 Å². The van der Waals surface area contributed by atoms with Crippen molar-refractivity contribution >= 4 is 5.91 Å². The first-order valence-electron chi connectivity index (χ1n) is 11.3. The summed E-state index contributed by atoms with van der Waals surface area (Å²) in [7, 11) is 0. The summed E-state index contributed by atoms with van der Waals surface area (Å²) in [4.78, 5) is 20.4. The number of carbonyl (C=O) groups is 1. The van der Waals surface area contributed by atoms with E-state index in [0.717, 1.165) is 23.3 Å². The molecular formula is C26H23F6N3O2. The number of alkyl halides is 6. The molecule has 0 bridgehead atoms. The highest BCUT2D eigenvalue weighted by molar-refractivity contribution is 5.79. The molecule has 0 aliphatic carbocycles. The fourth-order valence-electron chi connectivity index (χ4n) is 4.22. The maximum absolute atomic E-state index is 13.1. The number of hydrogen-bond acceptors (Lipinski definition) is 4. The summed E-state index contributed by atoms with van der Waals surface area (Å²) in [5, 5.41) is 9.53. The number of amides is 1. The van der Waals surface area contributed by atoms with Crippen LogP contribution in [0.4, 0.5) is 26.3 Å². The third-order valence-corrected chi connectivity index (χ3v) is 6.34. The molecule has 2 heterocycles. The topological polar surface area (TPSA) is 56.7 Å².